The van der Waals surface area contributed by atoms with E-state index >= 15 is 0 Å². The van der Waals surface area contributed by atoms with Gasteiger partial charge >= 0.3 is 0 Å². The summed E-state index contributed by atoms with van der Waals surface area (Å²) >= 11 is 3.38. The van der Waals surface area contributed by atoms with Gasteiger partial charge in [0, 0.05) is 29.3 Å². The monoisotopic (exact) mass is 322 g/mol. The first-order valence-corrected chi connectivity index (χ1v) is 7.36. The molecule has 0 aliphatic heterocycles. The normalized spacial score (nSPS) is 12.6. The van der Waals surface area contributed by atoms with Crippen molar-refractivity contribution < 1.29 is 0 Å². The molecule has 0 spiro atoms. The Kier molecular flexibility index (Phi) is 4.71. The maximum atomic E-state index is 6.30. The minimum Gasteiger partial charge on any atom is -0.322 e. The first-order valence-electron chi connectivity index (χ1n) is 6.56. The minimum absolute atomic E-state index is 0.0681. The fourth-order valence-electron chi connectivity index (χ4n) is 2.07. The van der Waals surface area contributed by atoms with Crippen molar-refractivity contribution in [1.82, 2.24) is 14.8 Å². The Morgan fingerprint density at radius 3 is 2.68 bits per heavy atom. The molecule has 2 heterocycles. The molecule has 102 valence electrons. The zero-order valence-electron chi connectivity index (χ0n) is 11.3. The Hall–Kier alpha value is -1.20. The zero-order valence-corrected chi connectivity index (χ0v) is 12.9. The van der Waals surface area contributed by atoms with Crippen LogP contribution in [0.25, 0.3) is 0 Å². The molecule has 0 aromatic carbocycles. The van der Waals surface area contributed by atoms with E-state index in [1.165, 1.54) is 0 Å². The molecule has 1 atom stereocenters. The summed E-state index contributed by atoms with van der Waals surface area (Å²) in [4.78, 5) is 4.37. The van der Waals surface area contributed by atoms with Crippen LogP contribution in [0.5, 0.6) is 0 Å². The molecule has 0 aliphatic carbocycles. The molecule has 2 aromatic heterocycles. The fraction of sp³-hybridized carbons (Fsp3) is 0.429. The molecule has 0 bridgehead atoms. The van der Waals surface area contributed by atoms with Crippen LogP contribution in [0.15, 0.2) is 28.9 Å². The topological polar surface area (TPSA) is 56.7 Å². The molecule has 5 heteroatoms. The van der Waals surface area contributed by atoms with Crippen LogP contribution in [0, 0.1) is 0 Å². The molecule has 2 N–H and O–H groups in total. The van der Waals surface area contributed by atoms with E-state index in [4.69, 9.17) is 5.73 Å². The molecule has 0 aliphatic rings. The van der Waals surface area contributed by atoms with E-state index in [9.17, 15) is 0 Å². The molecule has 2 aromatic rings. The minimum atomic E-state index is -0.0681. The summed E-state index contributed by atoms with van der Waals surface area (Å²) in [5.41, 5.74) is 9.48. The van der Waals surface area contributed by atoms with E-state index in [1.807, 2.05) is 16.8 Å². The maximum absolute atomic E-state index is 6.30. The second-order valence-electron chi connectivity index (χ2n) is 4.51. The van der Waals surface area contributed by atoms with Crippen molar-refractivity contribution in [3.63, 3.8) is 0 Å². The molecular weight excluding hydrogens is 304 g/mol. The van der Waals surface area contributed by atoms with Crippen molar-refractivity contribution >= 4 is 15.9 Å². The zero-order chi connectivity index (χ0) is 13.8. The van der Waals surface area contributed by atoms with Crippen LogP contribution in [-0.4, -0.2) is 14.8 Å². The van der Waals surface area contributed by atoms with Gasteiger partial charge in [-0.3, -0.25) is 9.67 Å². The summed E-state index contributed by atoms with van der Waals surface area (Å²) in [6.07, 6.45) is 3.46. The highest BCUT2D eigenvalue weighted by molar-refractivity contribution is 9.10. The highest BCUT2D eigenvalue weighted by atomic mass is 79.9. The highest BCUT2D eigenvalue weighted by Gasteiger charge is 2.14. The summed E-state index contributed by atoms with van der Waals surface area (Å²) < 4.78 is 2.97. The second-order valence-corrected chi connectivity index (χ2v) is 5.42. The van der Waals surface area contributed by atoms with Gasteiger partial charge in [0.1, 0.15) is 0 Å². The van der Waals surface area contributed by atoms with Crippen molar-refractivity contribution in [3.05, 3.63) is 46.0 Å². The number of hydrogen-bond donors (Lipinski definition) is 1. The Balaban J connectivity index is 2.16. The number of halogens is 1. The molecule has 0 saturated carbocycles. The van der Waals surface area contributed by atoms with Crippen LogP contribution in [0.1, 0.15) is 37.0 Å². The van der Waals surface area contributed by atoms with Crippen molar-refractivity contribution in [2.24, 2.45) is 5.73 Å². The predicted molar refractivity (Wildman–Crippen MR) is 79.8 cm³/mol. The molecule has 19 heavy (non-hydrogen) atoms. The molecule has 0 saturated heterocycles. The van der Waals surface area contributed by atoms with Crippen molar-refractivity contribution in [1.29, 1.82) is 0 Å². The van der Waals surface area contributed by atoms with Gasteiger partial charge in [-0.25, -0.2) is 0 Å². The van der Waals surface area contributed by atoms with Gasteiger partial charge in [-0.1, -0.05) is 6.92 Å². The van der Waals surface area contributed by atoms with Gasteiger partial charge in [-0.05, 0) is 47.5 Å². The van der Waals surface area contributed by atoms with Crippen molar-refractivity contribution in [3.8, 4) is 0 Å². The molecular formula is C14H19BrN4. The van der Waals surface area contributed by atoms with Gasteiger partial charge in [-0.2, -0.15) is 5.10 Å². The largest absolute Gasteiger partial charge is 0.322 e. The number of pyridine rings is 1. The molecule has 2 rings (SSSR count). The van der Waals surface area contributed by atoms with E-state index in [0.717, 1.165) is 40.9 Å². The van der Waals surface area contributed by atoms with Crippen molar-refractivity contribution in [2.45, 2.75) is 39.3 Å². The van der Waals surface area contributed by atoms with Gasteiger partial charge in [0.2, 0.25) is 0 Å². The summed E-state index contributed by atoms with van der Waals surface area (Å²) in [5.74, 6) is 0. The summed E-state index contributed by atoms with van der Waals surface area (Å²) in [7, 11) is 0. The Morgan fingerprint density at radius 1 is 1.32 bits per heavy atom. The smallest absolute Gasteiger partial charge is 0.0625 e. The van der Waals surface area contributed by atoms with Crippen LogP contribution >= 0.6 is 15.9 Å². The number of aryl methyl sites for hydroxylation is 2. The van der Waals surface area contributed by atoms with E-state index in [0.29, 0.717) is 0 Å². The average molecular weight is 323 g/mol. The number of rotatable bonds is 5. The Bertz CT molecular complexity index is 533. The van der Waals surface area contributed by atoms with E-state index in [-0.39, 0.29) is 6.04 Å². The number of hydrogen-bond acceptors (Lipinski definition) is 3. The van der Waals surface area contributed by atoms with Crippen LogP contribution in [-0.2, 0) is 19.4 Å². The third kappa shape index (κ3) is 3.42. The van der Waals surface area contributed by atoms with Crippen LogP contribution in [0.4, 0.5) is 0 Å². The first kappa shape index (κ1) is 14.2. The molecule has 4 nitrogen and oxygen atoms in total. The molecule has 0 amide bonds. The van der Waals surface area contributed by atoms with Gasteiger partial charge in [0.15, 0.2) is 0 Å². The van der Waals surface area contributed by atoms with E-state index in [1.54, 1.807) is 6.20 Å². The molecule has 0 fully saturated rings. The van der Waals surface area contributed by atoms with Gasteiger partial charge in [0.25, 0.3) is 0 Å². The molecule has 0 radical (unpaired) electrons. The van der Waals surface area contributed by atoms with Gasteiger partial charge < -0.3 is 5.73 Å². The van der Waals surface area contributed by atoms with E-state index in [2.05, 4.69) is 45.9 Å². The quantitative estimate of drug-likeness (QED) is 0.920. The molecule has 1 unspecified atom stereocenters. The van der Waals surface area contributed by atoms with Crippen LogP contribution < -0.4 is 5.73 Å². The lowest BCUT2D eigenvalue weighted by molar-refractivity contribution is 0.562. The fourth-order valence-corrected chi connectivity index (χ4v) is 2.30. The van der Waals surface area contributed by atoms with Gasteiger partial charge in [-0.15, -0.1) is 0 Å². The lowest BCUT2D eigenvalue weighted by Gasteiger charge is -2.12. The number of nitrogens with two attached hydrogens (primary N) is 1. The van der Waals surface area contributed by atoms with Crippen LogP contribution in [0.3, 0.4) is 0 Å². The lowest BCUT2D eigenvalue weighted by Crippen LogP contribution is -2.18. The van der Waals surface area contributed by atoms with E-state index < -0.39 is 0 Å². The first-order chi connectivity index (χ1) is 9.13. The van der Waals surface area contributed by atoms with Crippen LogP contribution in [0.2, 0.25) is 0 Å². The average Bonchev–Trinajstić information content (AvgIpc) is 2.85. The standard InChI is InChI=1S/C14H19BrN4/c1-3-11-8-14(19(4-2)18-11)13(16)7-12-6-5-10(15)9-17-12/h5-6,8-9,13H,3-4,7,16H2,1-2H3. The Labute approximate surface area is 122 Å². The van der Waals surface area contributed by atoms with Gasteiger partial charge in [0.05, 0.1) is 17.4 Å². The number of aromatic nitrogens is 3. The SMILES string of the molecule is CCc1cc(C(N)Cc2ccc(Br)cn2)n(CC)n1. The summed E-state index contributed by atoms with van der Waals surface area (Å²) in [6, 6.07) is 6.02. The predicted octanol–water partition coefficient (Wildman–Crippen LogP) is 2.87. The second kappa shape index (κ2) is 6.30. The van der Waals surface area contributed by atoms with Crippen molar-refractivity contribution in [2.75, 3.05) is 0 Å². The number of nitrogens with zero attached hydrogens (tertiary/aromatic N) is 3. The lowest BCUT2D eigenvalue weighted by atomic mass is 10.1. The summed E-state index contributed by atoms with van der Waals surface area (Å²) in [6.45, 7) is 5.03. The summed E-state index contributed by atoms with van der Waals surface area (Å²) in [5, 5.41) is 4.53. The third-order valence-corrected chi connectivity index (χ3v) is 3.59. The Morgan fingerprint density at radius 2 is 2.11 bits per heavy atom. The maximum Gasteiger partial charge on any atom is 0.0625 e. The third-order valence-electron chi connectivity index (χ3n) is 3.12. The highest BCUT2D eigenvalue weighted by Crippen LogP contribution is 2.18.